The maximum absolute atomic E-state index is 12.4. The smallest absolute Gasteiger partial charge is 0.347 e. The quantitative estimate of drug-likeness (QED) is 0.676. The lowest BCUT2D eigenvalue weighted by Gasteiger charge is -2.17. The third kappa shape index (κ3) is 5.73. The molecule has 0 bridgehead atoms. The summed E-state index contributed by atoms with van der Waals surface area (Å²) >= 11 is 6.07. The lowest BCUT2D eigenvalue weighted by molar-refractivity contribution is -0.155. The van der Waals surface area contributed by atoms with E-state index in [9.17, 15) is 9.59 Å². The second-order valence-electron chi connectivity index (χ2n) is 6.31. The molecule has 6 heteroatoms. The number of carbonyl (C=O) groups excluding carboxylic acids is 2. The van der Waals surface area contributed by atoms with Crippen molar-refractivity contribution in [3.8, 4) is 5.75 Å². The molecule has 0 aliphatic rings. The molecule has 1 N–H and O–H groups in total. The van der Waals surface area contributed by atoms with Crippen molar-refractivity contribution in [1.29, 1.82) is 0 Å². The summed E-state index contributed by atoms with van der Waals surface area (Å²) in [5, 5.41) is 3.43. The van der Waals surface area contributed by atoms with Crippen LogP contribution in [-0.4, -0.2) is 24.1 Å². The molecule has 2 atom stereocenters. The highest BCUT2D eigenvalue weighted by molar-refractivity contribution is 6.31. The fraction of sp³-hybridized carbons (Fsp3) is 0.333. The Morgan fingerprint density at radius 2 is 1.78 bits per heavy atom. The van der Waals surface area contributed by atoms with Gasteiger partial charge in [0.2, 0.25) is 0 Å². The first kappa shape index (κ1) is 20.8. The van der Waals surface area contributed by atoms with Crippen LogP contribution in [0.5, 0.6) is 5.75 Å². The summed E-state index contributed by atoms with van der Waals surface area (Å²) in [7, 11) is 0. The number of amides is 1. The summed E-state index contributed by atoms with van der Waals surface area (Å²) in [5.41, 5.74) is 1.94. The molecule has 0 spiro atoms. The molecule has 0 aliphatic heterocycles. The second-order valence-corrected chi connectivity index (χ2v) is 6.71. The molecule has 2 aromatic carbocycles. The summed E-state index contributed by atoms with van der Waals surface area (Å²) in [4.78, 5) is 24.3. The maximum Gasteiger partial charge on any atom is 0.347 e. The summed E-state index contributed by atoms with van der Waals surface area (Å²) in [5.74, 6) is -0.183. The summed E-state index contributed by atoms with van der Waals surface area (Å²) in [6.45, 7) is 7.25. The largest absolute Gasteiger partial charge is 0.479 e. The van der Waals surface area contributed by atoms with Gasteiger partial charge in [-0.2, -0.15) is 0 Å². The number of hydrogen-bond acceptors (Lipinski definition) is 4. The molecule has 0 saturated heterocycles. The zero-order valence-corrected chi connectivity index (χ0v) is 16.7. The minimum Gasteiger partial charge on any atom is -0.479 e. The van der Waals surface area contributed by atoms with Crippen LogP contribution in [0.2, 0.25) is 5.02 Å². The zero-order chi connectivity index (χ0) is 20.0. The SMILES string of the molecule is CC[C@H](C)OC(=O)[C@H](C)Oc1ccc(C(=O)Nc2cccc(Cl)c2C)cc1. The van der Waals surface area contributed by atoms with Crippen LogP contribution in [0.25, 0.3) is 0 Å². The van der Waals surface area contributed by atoms with Gasteiger partial charge in [-0.25, -0.2) is 4.79 Å². The second kappa shape index (κ2) is 9.42. The van der Waals surface area contributed by atoms with Gasteiger partial charge < -0.3 is 14.8 Å². The summed E-state index contributed by atoms with van der Waals surface area (Å²) < 4.78 is 10.8. The predicted molar refractivity (Wildman–Crippen MR) is 107 cm³/mol. The van der Waals surface area contributed by atoms with Gasteiger partial charge in [-0.3, -0.25) is 4.79 Å². The molecule has 0 fully saturated rings. The van der Waals surface area contributed by atoms with Gasteiger partial charge in [-0.15, -0.1) is 0 Å². The van der Waals surface area contributed by atoms with Crippen molar-refractivity contribution in [3.63, 3.8) is 0 Å². The normalized spacial score (nSPS) is 12.8. The van der Waals surface area contributed by atoms with Crippen LogP contribution in [0, 0.1) is 6.92 Å². The number of halogens is 1. The highest BCUT2D eigenvalue weighted by atomic mass is 35.5. The van der Waals surface area contributed by atoms with Crippen molar-refractivity contribution in [2.24, 2.45) is 0 Å². The number of esters is 1. The van der Waals surface area contributed by atoms with E-state index in [2.05, 4.69) is 5.32 Å². The van der Waals surface area contributed by atoms with Crippen LogP contribution in [0.3, 0.4) is 0 Å². The van der Waals surface area contributed by atoms with E-state index >= 15 is 0 Å². The molecule has 2 aromatic rings. The highest BCUT2D eigenvalue weighted by Crippen LogP contribution is 2.24. The van der Waals surface area contributed by atoms with Crippen molar-refractivity contribution in [2.45, 2.75) is 46.3 Å². The van der Waals surface area contributed by atoms with E-state index in [0.717, 1.165) is 12.0 Å². The fourth-order valence-corrected chi connectivity index (χ4v) is 2.43. The Hall–Kier alpha value is -2.53. The van der Waals surface area contributed by atoms with E-state index in [0.29, 0.717) is 22.0 Å². The molecule has 0 saturated carbocycles. The van der Waals surface area contributed by atoms with Crippen molar-refractivity contribution in [2.75, 3.05) is 5.32 Å². The van der Waals surface area contributed by atoms with Gasteiger partial charge in [0.05, 0.1) is 6.10 Å². The van der Waals surface area contributed by atoms with Crippen molar-refractivity contribution in [3.05, 3.63) is 58.6 Å². The van der Waals surface area contributed by atoms with Gasteiger partial charge in [-0.05, 0) is 69.2 Å². The van der Waals surface area contributed by atoms with Crippen LogP contribution in [0.4, 0.5) is 5.69 Å². The molecule has 0 aromatic heterocycles. The predicted octanol–water partition coefficient (Wildman–Crippen LogP) is 5.01. The van der Waals surface area contributed by atoms with Gasteiger partial charge in [0.15, 0.2) is 6.10 Å². The molecule has 2 rings (SSSR count). The Labute approximate surface area is 164 Å². The number of carbonyl (C=O) groups is 2. The van der Waals surface area contributed by atoms with Gasteiger partial charge in [0, 0.05) is 16.3 Å². The number of hydrogen-bond donors (Lipinski definition) is 1. The average Bonchev–Trinajstić information content (AvgIpc) is 2.65. The molecule has 144 valence electrons. The van der Waals surface area contributed by atoms with Gasteiger partial charge in [0.25, 0.3) is 5.91 Å². The fourth-order valence-electron chi connectivity index (χ4n) is 2.25. The van der Waals surface area contributed by atoms with Gasteiger partial charge in [-0.1, -0.05) is 24.6 Å². The van der Waals surface area contributed by atoms with E-state index < -0.39 is 12.1 Å². The maximum atomic E-state index is 12.4. The number of ether oxygens (including phenoxy) is 2. The van der Waals surface area contributed by atoms with E-state index in [1.807, 2.05) is 20.8 Å². The zero-order valence-electron chi connectivity index (χ0n) is 15.9. The van der Waals surface area contributed by atoms with Crippen LogP contribution < -0.4 is 10.1 Å². The molecule has 5 nitrogen and oxygen atoms in total. The molecule has 0 heterocycles. The molecule has 27 heavy (non-hydrogen) atoms. The Balaban J connectivity index is 1.99. The summed E-state index contributed by atoms with van der Waals surface area (Å²) in [6, 6.07) is 11.9. The van der Waals surface area contributed by atoms with E-state index in [-0.39, 0.29) is 12.0 Å². The van der Waals surface area contributed by atoms with Crippen LogP contribution in [0.15, 0.2) is 42.5 Å². The summed E-state index contributed by atoms with van der Waals surface area (Å²) in [6.07, 6.45) is -0.133. The molecular formula is C21H24ClNO4. The Morgan fingerprint density at radius 3 is 2.41 bits per heavy atom. The lowest BCUT2D eigenvalue weighted by Crippen LogP contribution is -2.29. The third-order valence-electron chi connectivity index (χ3n) is 4.17. The monoisotopic (exact) mass is 389 g/mol. The lowest BCUT2D eigenvalue weighted by atomic mass is 10.1. The first-order chi connectivity index (χ1) is 12.8. The molecule has 0 unspecified atom stereocenters. The van der Waals surface area contributed by atoms with E-state index in [4.69, 9.17) is 21.1 Å². The average molecular weight is 390 g/mol. The van der Waals surface area contributed by atoms with Crippen LogP contribution >= 0.6 is 11.6 Å². The minimum absolute atomic E-state index is 0.149. The van der Waals surface area contributed by atoms with E-state index in [1.165, 1.54) is 0 Å². The topological polar surface area (TPSA) is 64.6 Å². The van der Waals surface area contributed by atoms with Gasteiger partial charge in [0.1, 0.15) is 5.75 Å². The third-order valence-corrected chi connectivity index (χ3v) is 4.58. The Morgan fingerprint density at radius 1 is 1.11 bits per heavy atom. The number of nitrogens with one attached hydrogen (secondary N) is 1. The molecular weight excluding hydrogens is 366 g/mol. The minimum atomic E-state index is -0.729. The van der Waals surface area contributed by atoms with Crippen molar-refractivity contribution in [1.82, 2.24) is 0 Å². The van der Waals surface area contributed by atoms with Crippen molar-refractivity contribution >= 4 is 29.2 Å². The van der Waals surface area contributed by atoms with Crippen LogP contribution in [0.1, 0.15) is 43.1 Å². The standard InChI is InChI=1S/C21H24ClNO4/c1-5-13(2)26-21(25)15(4)27-17-11-9-16(10-12-17)20(24)23-19-8-6-7-18(22)14(19)3/h6-13,15H,5H2,1-4H3,(H,23,24)/t13-,15-/m0/s1. The van der Waals surface area contributed by atoms with E-state index in [1.54, 1.807) is 49.4 Å². The van der Waals surface area contributed by atoms with Crippen LogP contribution in [-0.2, 0) is 9.53 Å². The Kier molecular flexibility index (Phi) is 7.25. The number of rotatable bonds is 7. The molecule has 0 radical (unpaired) electrons. The highest BCUT2D eigenvalue weighted by Gasteiger charge is 2.18. The first-order valence-corrected chi connectivity index (χ1v) is 9.23. The molecule has 1 amide bonds. The van der Waals surface area contributed by atoms with Gasteiger partial charge >= 0.3 is 5.97 Å². The number of anilines is 1. The first-order valence-electron chi connectivity index (χ1n) is 8.85. The molecule has 0 aliphatic carbocycles. The number of benzene rings is 2. The van der Waals surface area contributed by atoms with Crippen molar-refractivity contribution < 1.29 is 19.1 Å². The Bertz CT molecular complexity index is 804.